The molecule has 0 spiro atoms. The zero-order chi connectivity index (χ0) is 21.5. The van der Waals surface area contributed by atoms with Gasteiger partial charge in [0.2, 0.25) is 5.91 Å². The first-order chi connectivity index (χ1) is 14.2. The van der Waals surface area contributed by atoms with Gasteiger partial charge < -0.3 is 15.1 Å². The van der Waals surface area contributed by atoms with Gasteiger partial charge in [-0.15, -0.1) is 0 Å². The minimum atomic E-state index is -0.507. The highest BCUT2D eigenvalue weighted by Gasteiger charge is 2.22. The van der Waals surface area contributed by atoms with Crippen molar-refractivity contribution in [2.45, 2.75) is 27.7 Å². The summed E-state index contributed by atoms with van der Waals surface area (Å²) in [5.41, 5.74) is 2.21. The maximum atomic E-state index is 12.9. The molecule has 0 saturated carbocycles. The number of nitrogens with one attached hydrogen (secondary N) is 2. The molecule has 0 fully saturated rings. The van der Waals surface area contributed by atoms with Crippen molar-refractivity contribution in [3.63, 3.8) is 0 Å². The molecule has 2 amide bonds. The Morgan fingerprint density at radius 3 is 2.27 bits per heavy atom. The number of fused-ring (bicyclic) bond motifs is 3. The van der Waals surface area contributed by atoms with Crippen LogP contribution in [0.1, 0.15) is 36.9 Å². The average Bonchev–Trinajstić information content (AvgIpc) is 3.05. The fourth-order valence-corrected chi connectivity index (χ4v) is 3.35. The predicted molar refractivity (Wildman–Crippen MR) is 121 cm³/mol. The number of benzene rings is 3. The van der Waals surface area contributed by atoms with Gasteiger partial charge in [-0.1, -0.05) is 63.2 Å². The summed E-state index contributed by atoms with van der Waals surface area (Å²) < 4.78 is 6.00. The molecule has 30 heavy (non-hydrogen) atoms. The highest BCUT2D eigenvalue weighted by atomic mass is 16.3. The summed E-state index contributed by atoms with van der Waals surface area (Å²) in [6.45, 7) is 7.43. The highest BCUT2D eigenvalue weighted by Crippen LogP contribution is 2.32. The third-order valence-electron chi connectivity index (χ3n) is 5.09. The lowest BCUT2D eigenvalue weighted by atomic mass is 9.95. The molecule has 1 aromatic heterocycles. The van der Waals surface area contributed by atoms with Gasteiger partial charge in [-0.05, 0) is 30.5 Å². The lowest BCUT2D eigenvalue weighted by Gasteiger charge is -2.18. The maximum absolute atomic E-state index is 12.9. The van der Waals surface area contributed by atoms with E-state index >= 15 is 0 Å². The Morgan fingerprint density at radius 2 is 1.53 bits per heavy atom. The van der Waals surface area contributed by atoms with E-state index in [0.717, 1.165) is 21.7 Å². The van der Waals surface area contributed by atoms with Crippen LogP contribution in [0.2, 0.25) is 0 Å². The molecule has 3 aromatic carbocycles. The van der Waals surface area contributed by atoms with Crippen LogP contribution >= 0.6 is 0 Å². The van der Waals surface area contributed by atoms with E-state index in [1.807, 2.05) is 64.1 Å². The Kier molecular flexibility index (Phi) is 4.82. The molecule has 0 bridgehead atoms. The second-order valence-electron chi connectivity index (χ2n) is 8.46. The number of rotatable bonds is 3. The van der Waals surface area contributed by atoms with E-state index in [4.69, 9.17) is 4.42 Å². The number of aryl methyl sites for hydroxylation is 1. The van der Waals surface area contributed by atoms with Crippen LogP contribution in [0.4, 0.5) is 11.4 Å². The lowest BCUT2D eigenvalue weighted by molar-refractivity contribution is -0.123. The molecule has 1 heterocycles. The van der Waals surface area contributed by atoms with E-state index in [-0.39, 0.29) is 17.6 Å². The van der Waals surface area contributed by atoms with Gasteiger partial charge in [-0.25, -0.2) is 0 Å². The number of anilines is 2. The molecule has 4 aromatic rings. The molecule has 2 N–H and O–H groups in total. The number of amides is 2. The van der Waals surface area contributed by atoms with Crippen molar-refractivity contribution in [3.05, 3.63) is 72.0 Å². The van der Waals surface area contributed by atoms with Crippen LogP contribution in [-0.4, -0.2) is 11.8 Å². The van der Waals surface area contributed by atoms with Crippen molar-refractivity contribution in [1.82, 2.24) is 0 Å². The molecule has 0 saturated heterocycles. The molecule has 5 nitrogen and oxygen atoms in total. The van der Waals surface area contributed by atoms with E-state index in [1.165, 1.54) is 0 Å². The SMILES string of the molecule is Cc1c(C(=O)Nc2cccc(NC(=O)C(C)(C)C)c2)oc2c1ccc1ccccc12. The van der Waals surface area contributed by atoms with E-state index in [2.05, 4.69) is 10.6 Å². The number of carbonyl (C=O) groups is 2. The minimum Gasteiger partial charge on any atom is -0.450 e. The zero-order valence-corrected chi connectivity index (χ0v) is 17.5. The van der Waals surface area contributed by atoms with Gasteiger partial charge in [0.25, 0.3) is 5.91 Å². The second-order valence-corrected chi connectivity index (χ2v) is 8.46. The van der Waals surface area contributed by atoms with Crippen LogP contribution in [0.15, 0.2) is 65.1 Å². The Bertz CT molecular complexity index is 1280. The summed E-state index contributed by atoms with van der Waals surface area (Å²) in [7, 11) is 0. The third-order valence-corrected chi connectivity index (χ3v) is 5.09. The first-order valence-corrected chi connectivity index (χ1v) is 9.88. The molecule has 0 unspecified atom stereocenters. The molecule has 0 aliphatic rings. The molecular formula is C25H24N2O3. The van der Waals surface area contributed by atoms with Crippen LogP contribution in [0.5, 0.6) is 0 Å². The van der Waals surface area contributed by atoms with Crippen molar-refractivity contribution < 1.29 is 14.0 Å². The van der Waals surface area contributed by atoms with Crippen LogP contribution in [0.3, 0.4) is 0 Å². The minimum absolute atomic E-state index is 0.0917. The van der Waals surface area contributed by atoms with Crippen molar-refractivity contribution in [1.29, 1.82) is 0 Å². The summed E-state index contributed by atoms with van der Waals surface area (Å²) in [5.74, 6) is -0.136. The van der Waals surface area contributed by atoms with Gasteiger partial charge in [0.15, 0.2) is 5.76 Å². The van der Waals surface area contributed by atoms with Crippen LogP contribution in [-0.2, 0) is 4.79 Å². The number of furan rings is 1. The number of hydrogen-bond donors (Lipinski definition) is 2. The third kappa shape index (κ3) is 3.66. The molecule has 152 valence electrons. The van der Waals surface area contributed by atoms with Crippen molar-refractivity contribution >= 4 is 44.9 Å². The largest absolute Gasteiger partial charge is 0.450 e. The summed E-state index contributed by atoms with van der Waals surface area (Å²) in [6, 6.07) is 19.0. The summed E-state index contributed by atoms with van der Waals surface area (Å²) in [6.07, 6.45) is 0. The zero-order valence-electron chi connectivity index (χ0n) is 17.5. The van der Waals surface area contributed by atoms with Crippen molar-refractivity contribution in [2.75, 3.05) is 10.6 Å². The average molecular weight is 400 g/mol. The van der Waals surface area contributed by atoms with Crippen LogP contribution in [0.25, 0.3) is 21.7 Å². The Hall–Kier alpha value is -3.60. The molecular weight excluding hydrogens is 376 g/mol. The summed E-state index contributed by atoms with van der Waals surface area (Å²) in [4.78, 5) is 25.2. The lowest BCUT2D eigenvalue weighted by Crippen LogP contribution is -2.27. The van der Waals surface area contributed by atoms with Gasteiger partial charge in [-0.3, -0.25) is 9.59 Å². The standard InChI is InChI=1S/C25H24N2O3/c1-15-19-13-12-16-8-5-6-11-20(16)22(19)30-21(15)23(28)26-17-9-7-10-18(14-17)27-24(29)25(2,3)4/h5-14H,1-4H3,(H,26,28)(H,27,29). The monoisotopic (exact) mass is 400 g/mol. The molecule has 4 rings (SSSR count). The van der Waals surface area contributed by atoms with E-state index in [0.29, 0.717) is 17.0 Å². The summed E-state index contributed by atoms with van der Waals surface area (Å²) in [5, 5.41) is 8.71. The smallest absolute Gasteiger partial charge is 0.291 e. The highest BCUT2D eigenvalue weighted by molar-refractivity contribution is 6.11. The normalized spacial score (nSPS) is 11.6. The van der Waals surface area contributed by atoms with Crippen LogP contribution in [0, 0.1) is 12.3 Å². The van der Waals surface area contributed by atoms with E-state index in [9.17, 15) is 9.59 Å². The number of carbonyl (C=O) groups excluding carboxylic acids is 2. The van der Waals surface area contributed by atoms with Crippen LogP contribution < -0.4 is 10.6 Å². The fourth-order valence-electron chi connectivity index (χ4n) is 3.35. The quantitative estimate of drug-likeness (QED) is 0.434. The molecule has 0 aliphatic heterocycles. The van der Waals surface area contributed by atoms with Gasteiger partial charge in [-0.2, -0.15) is 0 Å². The van der Waals surface area contributed by atoms with Gasteiger partial charge >= 0.3 is 0 Å². The van der Waals surface area contributed by atoms with Gasteiger partial charge in [0.1, 0.15) is 5.58 Å². The maximum Gasteiger partial charge on any atom is 0.291 e. The first-order valence-electron chi connectivity index (χ1n) is 9.88. The Balaban J connectivity index is 1.62. The molecule has 0 aliphatic carbocycles. The first kappa shape index (κ1) is 19.7. The second kappa shape index (κ2) is 7.34. The molecule has 5 heteroatoms. The van der Waals surface area contributed by atoms with E-state index < -0.39 is 5.41 Å². The van der Waals surface area contributed by atoms with Crippen molar-refractivity contribution in [2.24, 2.45) is 5.41 Å². The van der Waals surface area contributed by atoms with Gasteiger partial charge in [0, 0.05) is 33.1 Å². The molecule has 0 radical (unpaired) electrons. The Morgan fingerprint density at radius 1 is 0.833 bits per heavy atom. The fraction of sp³-hybridized carbons (Fsp3) is 0.200. The van der Waals surface area contributed by atoms with Gasteiger partial charge in [0.05, 0.1) is 0 Å². The topological polar surface area (TPSA) is 71.3 Å². The predicted octanol–water partition coefficient (Wildman–Crippen LogP) is 6.13. The number of hydrogen-bond acceptors (Lipinski definition) is 3. The van der Waals surface area contributed by atoms with Crippen molar-refractivity contribution in [3.8, 4) is 0 Å². The molecule has 0 atom stereocenters. The summed E-state index contributed by atoms with van der Waals surface area (Å²) >= 11 is 0. The Labute approximate surface area is 175 Å². The van der Waals surface area contributed by atoms with E-state index in [1.54, 1.807) is 24.3 Å².